The first-order valence-corrected chi connectivity index (χ1v) is 10.8. The molecular formula is C22H33N2O3+. The summed E-state index contributed by atoms with van der Waals surface area (Å²) in [6.45, 7) is 6.52. The summed E-state index contributed by atoms with van der Waals surface area (Å²) in [6, 6.07) is 6.67. The second-order valence-corrected chi connectivity index (χ2v) is 8.34. The standard InChI is InChI=1S/C22H32N2O3/c1-2-23-12-6-9-19(23)15-24(22(25)18-7-4-3-5-8-18)14-17-10-11-20-21(13-17)27-16-26-20/h10-11,13,18-19H,2-9,12,14-16H2,1H3/p+1/t19-/m0/s1. The first kappa shape index (κ1) is 18.6. The number of likely N-dealkylation sites (N-methyl/N-ethyl adjacent to an activating group) is 1. The molecule has 0 radical (unpaired) electrons. The van der Waals surface area contributed by atoms with Crippen molar-refractivity contribution in [2.45, 2.75) is 64.5 Å². The van der Waals surface area contributed by atoms with Crippen LogP contribution in [-0.4, -0.2) is 43.3 Å². The molecule has 0 bridgehead atoms. The molecule has 27 heavy (non-hydrogen) atoms. The average Bonchev–Trinajstić information content (AvgIpc) is 3.36. The van der Waals surface area contributed by atoms with Gasteiger partial charge in [0.2, 0.25) is 12.7 Å². The fourth-order valence-corrected chi connectivity index (χ4v) is 5.04. The lowest BCUT2D eigenvalue weighted by molar-refractivity contribution is -0.909. The first-order chi connectivity index (χ1) is 13.2. The van der Waals surface area contributed by atoms with E-state index in [1.165, 1.54) is 38.6 Å². The number of nitrogens with one attached hydrogen (secondary N) is 1. The number of benzene rings is 1. The van der Waals surface area contributed by atoms with Crippen LogP contribution in [0.5, 0.6) is 11.5 Å². The molecule has 2 aliphatic heterocycles. The second kappa shape index (κ2) is 8.51. The molecule has 1 aliphatic carbocycles. The van der Waals surface area contributed by atoms with Gasteiger partial charge in [0.15, 0.2) is 11.5 Å². The van der Waals surface area contributed by atoms with Crippen molar-refractivity contribution >= 4 is 5.91 Å². The van der Waals surface area contributed by atoms with Gasteiger partial charge in [0, 0.05) is 25.3 Å². The van der Waals surface area contributed by atoms with Crippen LogP contribution in [0.1, 0.15) is 57.4 Å². The van der Waals surface area contributed by atoms with Crippen LogP contribution in [-0.2, 0) is 11.3 Å². The molecule has 3 aliphatic rings. The van der Waals surface area contributed by atoms with Crippen molar-refractivity contribution in [1.82, 2.24) is 4.90 Å². The largest absolute Gasteiger partial charge is 0.454 e. The zero-order valence-corrected chi connectivity index (χ0v) is 16.5. The Hall–Kier alpha value is -1.75. The van der Waals surface area contributed by atoms with E-state index in [-0.39, 0.29) is 5.92 Å². The molecule has 1 aromatic rings. The number of hydrogen-bond donors (Lipinski definition) is 1. The summed E-state index contributed by atoms with van der Waals surface area (Å²) >= 11 is 0. The first-order valence-electron chi connectivity index (χ1n) is 10.8. The number of amides is 1. The van der Waals surface area contributed by atoms with E-state index in [4.69, 9.17) is 9.47 Å². The molecule has 1 aromatic carbocycles. The summed E-state index contributed by atoms with van der Waals surface area (Å²) < 4.78 is 11.0. The number of rotatable bonds is 6. The zero-order valence-electron chi connectivity index (χ0n) is 16.5. The molecule has 1 saturated heterocycles. The highest BCUT2D eigenvalue weighted by Gasteiger charge is 2.33. The molecule has 1 N–H and O–H groups in total. The van der Waals surface area contributed by atoms with Crippen LogP contribution < -0.4 is 14.4 Å². The van der Waals surface area contributed by atoms with Gasteiger partial charge in [-0.05, 0) is 37.5 Å². The van der Waals surface area contributed by atoms with E-state index in [1.54, 1.807) is 4.90 Å². The summed E-state index contributed by atoms with van der Waals surface area (Å²) in [4.78, 5) is 17.2. The molecule has 4 rings (SSSR count). The van der Waals surface area contributed by atoms with Crippen LogP contribution in [0.3, 0.4) is 0 Å². The lowest BCUT2D eigenvalue weighted by Gasteiger charge is -2.32. The van der Waals surface area contributed by atoms with Gasteiger partial charge in [0.25, 0.3) is 0 Å². The Balaban J connectivity index is 1.50. The summed E-state index contributed by atoms with van der Waals surface area (Å²) in [6.07, 6.45) is 8.31. The predicted octanol–water partition coefficient (Wildman–Crippen LogP) is 2.39. The quantitative estimate of drug-likeness (QED) is 0.833. The van der Waals surface area contributed by atoms with Gasteiger partial charge in [0.05, 0.1) is 19.6 Å². The Morgan fingerprint density at radius 1 is 1.11 bits per heavy atom. The lowest BCUT2D eigenvalue weighted by Crippen LogP contribution is -3.14. The number of hydrogen-bond acceptors (Lipinski definition) is 3. The van der Waals surface area contributed by atoms with E-state index in [2.05, 4.69) is 17.9 Å². The molecule has 2 heterocycles. The van der Waals surface area contributed by atoms with Gasteiger partial charge in [-0.1, -0.05) is 25.3 Å². The highest BCUT2D eigenvalue weighted by atomic mass is 16.7. The second-order valence-electron chi connectivity index (χ2n) is 8.34. The molecule has 0 aromatic heterocycles. The fraction of sp³-hybridized carbons (Fsp3) is 0.682. The van der Waals surface area contributed by atoms with Gasteiger partial charge in [-0.3, -0.25) is 4.79 Å². The summed E-state index contributed by atoms with van der Waals surface area (Å²) in [5.74, 6) is 2.20. The number of carbonyl (C=O) groups is 1. The van der Waals surface area contributed by atoms with E-state index >= 15 is 0 Å². The molecule has 1 unspecified atom stereocenters. The van der Waals surface area contributed by atoms with Crippen LogP contribution in [0.25, 0.3) is 0 Å². The van der Waals surface area contributed by atoms with Gasteiger partial charge in [-0.15, -0.1) is 0 Å². The van der Waals surface area contributed by atoms with E-state index in [9.17, 15) is 4.79 Å². The summed E-state index contributed by atoms with van der Waals surface area (Å²) in [5, 5.41) is 0. The van der Waals surface area contributed by atoms with E-state index in [0.29, 0.717) is 25.3 Å². The fourth-order valence-electron chi connectivity index (χ4n) is 5.04. The number of quaternary nitrogens is 1. The van der Waals surface area contributed by atoms with Crippen LogP contribution in [0.4, 0.5) is 0 Å². The Kier molecular flexibility index (Phi) is 5.86. The van der Waals surface area contributed by atoms with Crippen LogP contribution in [0.2, 0.25) is 0 Å². The predicted molar refractivity (Wildman–Crippen MR) is 104 cm³/mol. The van der Waals surface area contributed by atoms with Crippen molar-refractivity contribution in [3.05, 3.63) is 23.8 Å². The number of fused-ring (bicyclic) bond motifs is 1. The Morgan fingerprint density at radius 3 is 2.74 bits per heavy atom. The Morgan fingerprint density at radius 2 is 1.93 bits per heavy atom. The smallest absolute Gasteiger partial charge is 0.231 e. The molecule has 5 heteroatoms. The van der Waals surface area contributed by atoms with Crippen LogP contribution in [0, 0.1) is 5.92 Å². The maximum absolute atomic E-state index is 13.4. The molecule has 5 nitrogen and oxygen atoms in total. The van der Waals surface area contributed by atoms with Crippen molar-refractivity contribution in [3.63, 3.8) is 0 Å². The highest BCUT2D eigenvalue weighted by Crippen LogP contribution is 2.33. The molecule has 1 amide bonds. The monoisotopic (exact) mass is 373 g/mol. The van der Waals surface area contributed by atoms with Crippen molar-refractivity contribution in [2.75, 3.05) is 26.4 Å². The maximum Gasteiger partial charge on any atom is 0.231 e. The molecule has 2 fully saturated rings. The lowest BCUT2D eigenvalue weighted by atomic mass is 9.88. The van der Waals surface area contributed by atoms with E-state index in [0.717, 1.165) is 43.0 Å². The van der Waals surface area contributed by atoms with Crippen LogP contribution >= 0.6 is 0 Å². The number of likely N-dealkylation sites (tertiary alicyclic amines) is 1. The van der Waals surface area contributed by atoms with E-state index in [1.807, 2.05) is 12.1 Å². The van der Waals surface area contributed by atoms with Crippen LogP contribution in [0.15, 0.2) is 18.2 Å². The number of ether oxygens (including phenoxy) is 2. The van der Waals surface area contributed by atoms with Crippen molar-refractivity contribution in [2.24, 2.45) is 5.92 Å². The third kappa shape index (κ3) is 4.23. The van der Waals surface area contributed by atoms with Gasteiger partial charge in [0.1, 0.15) is 6.04 Å². The van der Waals surface area contributed by atoms with E-state index < -0.39 is 0 Å². The molecule has 0 spiro atoms. The highest BCUT2D eigenvalue weighted by molar-refractivity contribution is 5.79. The molecule has 2 atom stereocenters. The minimum atomic E-state index is 0.222. The van der Waals surface area contributed by atoms with Gasteiger partial charge in [-0.2, -0.15) is 0 Å². The minimum Gasteiger partial charge on any atom is -0.454 e. The third-order valence-corrected chi connectivity index (χ3v) is 6.60. The SMILES string of the molecule is CC[NH+]1CCC[C@H]1CN(Cc1ccc2c(c1)OCO2)C(=O)C1CCCCC1. The van der Waals surface area contributed by atoms with Gasteiger partial charge >= 0.3 is 0 Å². The van der Waals surface area contributed by atoms with Crippen molar-refractivity contribution < 1.29 is 19.2 Å². The number of nitrogens with zero attached hydrogens (tertiary/aromatic N) is 1. The minimum absolute atomic E-state index is 0.222. The van der Waals surface area contributed by atoms with Crippen molar-refractivity contribution in [3.8, 4) is 11.5 Å². The topological polar surface area (TPSA) is 43.2 Å². The van der Waals surface area contributed by atoms with Gasteiger partial charge in [-0.25, -0.2) is 0 Å². The average molecular weight is 374 g/mol. The summed E-state index contributed by atoms with van der Waals surface area (Å²) in [5.41, 5.74) is 1.14. The zero-order chi connectivity index (χ0) is 18.6. The molecule has 148 valence electrons. The summed E-state index contributed by atoms with van der Waals surface area (Å²) in [7, 11) is 0. The third-order valence-electron chi connectivity index (χ3n) is 6.60. The van der Waals surface area contributed by atoms with Gasteiger partial charge < -0.3 is 19.3 Å². The normalized spacial score (nSPS) is 24.9. The maximum atomic E-state index is 13.4. The Labute approximate surface area is 162 Å². The molecular weight excluding hydrogens is 340 g/mol. The van der Waals surface area contributed by atoms with Crippen molar-refractivity contribution in [1.29, 1.82) is 0 Å². The Bertz CT molecular complexity index is 657. The molecule has 1 saturated carbocycles. The number of carbonyl (C=O) groups excluding carboxylic acids is 1.